The van der Waals surface area contributed by atoms with Gasteiger partial charge < -0.3 is 19.1 Å². The van der Waals surface area contributed by atoms with Crippen LogP contribution in [0.5, 0.6) is 11.5 Å². The molecule has 0 aliphatic heterocycles. The fourth-order valence-corrected chi connectivity index (χ4v) is 3.29. The van der Waals surface area contributed by atoms with Gasteiger partial charge in [0.05, 0.1) is 21.3 Å². The summed E-state index contributed by atoms with van der Waals surface area (Å²) < 4.78 is 15.5. The van der Waals surface area contributed by atoms with Crippen LogP contribution in [-0.2, 0) is 16.0 Å². The highest BCUT2D eigenvalue weighted by atomic mass is 16.5. The van der Waals surface area contributed by atoms with Crippen LogP contribution in [0.3, 0.4) is 0 Å². The molecular weight excluding hydrogens is 382 g/mol. The molecule has 1 amide bonds. The number of amides is 1. The Morgan fingerprint density at radius 1 is 0.900 bits per heavy atom. The normalized spacial score (nSPS) is 10.4. The molecular formula is C24H31NO5. The number of esters is 1. The van der Waals surface area contributed by atoms with Crippen LogP contribution in [0, 0.1) is 6.92 Å². The van der Waals surface area contributed by atoms with Gasteiger partial charge in [0.1, 0.15) is 11.5 Å². The summed E-state index contributed by atoms with van der Waals surface area (Å²) in [6.07, 6.45) is 2.49. The van der Waals surface area contributed by atoms with E-state index in [9.17, 15) is 9.59 Å². The van der Waals surface area contributed by atoms with Crippen molar-refractivity contribution < 1.29 is 23.8 Å². The Labute approximate surface area is 178 Å². The lowest BCUT2D eigenvalue weighted by Gasteiger charge is -2.24. The SMILES string of the molecule is COC(=O)CCCCN(CCc1ccccc1)C(=O)c1cc(OC)c(C)c(OC)c1. The zero-order valence-electron chi connectivity index (χ0n) is 18.3. The van der Waals surface area contributed by atoms with E-state index in [1.165, 1.54) is 12.7 Å². The van der Waals surface area contributed by atoms with E-state index in [0.717, 1.165) is 18.4 Å². The molecule has 0 saturated carbocycles. The van der Waals surface area contributed by atoms with Crippen LogP contribution < -0.4 is 9.47 Å². The second kappa shape index (κ2) is 11.9. The largest absolute Gasteiger partial charge is 0.496 e. The first-order valence-electron chi connectivity index (χ1n) is 10.1. The summed E-state index contributed by atoms with van der Waals surface area (Å²) >= 11 is 0. The number of benzene rings is 2. The lowest BCUT2D eigenvalue weighted by atomic mass is 10.1. The van der Waals surface area contributed by atoms with Gasteiger partial charge in [-0.15, -0.1) is 0 Å². The second-order valence-corrected chi connectivity index (χ2v) is 7.07. The highest BCUT2D eigenvalue weighted by molar-refractivity contribution is 5.95. The third-order valence-electron chi connectivity index (χ3n) is 5.09. The number of unbranched alkanes of at least 4 members (excludes halogenated alkanes) is 1. The predicted octanol–water partition coefficient (Wildman–Crippen LogP) is 4.04. The van der Waals surface area contributed by atoms with Gasteiger partial charge in [0.25, 0.3) is 5.91 Å². The Balaban J connectivity index is 2.16. The molecule has 0 aliphatic carbocycles. The van der Waals surface area contributed by atoms with Crippen LogP contribution in [0.1, 0.15) is 40.7 Å². The average Bonchev–Trinajstić information content (AvgIpc) is 2.78. The summed E-state index contributed by atoms with van der Waals surface area (Å²) in [5.41, 5.74) is 2.55. The van der Waals surface area contributed by atoms with Crippen molar-refractivity contribution in [3.8, 4) is 11.5 Å². The number of ether oxygens (including phenoxy) is 3. The first-order valence-corrected chi connectivity index (χ1v) is 10.1. The number of rotatable bonds is 11. The molecule has 0 aliphatic rings. The number of hydrogen-bond acceptors (Lipinski definition) is 5. The fourth-order valence-electron chi connectivity index (χ4n) is 3.29. The summed E-state index contributed by atoms with van der Waals surface area (Å²) in [5, 5.41) is 0. The lowest BCUT2D eigenvalue weighted by Crippen LogP contribution is -2.34. The van der Waals surface area contributed by atoms with E-state index in [2.05, 4.69) is 12.1 Å². The van der Waals surface area contributed by atoms with E-state index >= 15 is 0 Å². The maximum Gasteiger partial charge on any atom is 0.305 e. The zero-order chi connectivity index (χ0) is 21.9. The highest BCUT2D eigenvalue weighted by Crippen LogP contribution is 2.30. The van der Waals surface area contributed by atoms with Crippen LogP contribution in [0.15, 0.2) is 42.5 Å². The highest BCUT2D eigenvalue weighted by Gasteiger charge is 2.19. The minimum absolute atomic E-state index is 0.0828. The third kappa shape index (κ3) is 6.51. The number of methoxy groups -OCH3 is 3. The zero-order valence-corrected chi connectivity index (χ0v) is 18.3. The summed E-state index contributed by atoms with van der Waals surface area (Å²) in [5.74, 6) is 0.920. The van der Waals surface area contributed by atoms with Gasteiger partial charge in [0, 0.05) is 30.6 Å². The van der Waals surface area contributed by atoms with Crippen LogP contribution in [-0.4, -0.2) is 51.2 Å². The van der Waals surface area contributed by atoms with E-state index < -0.39 is 0 Å². The molecule has 0 aromatic heterocycles. The van der Waals surface area contributed by atoms with E-state index in [0.29, 0.717) is 43.0 Å². The smallest absolute Gasteiger partial charge is 0.305 e. The van der Waals surface area contributed by atoms with Crippen molar-refractivity contribution in [3.05, 3.63) is 59.2 Å². The molecule has 2 rings (SSSR count). The van der Waals surface area contributed by atoms with Crippen molar-refractivity contribution in [2.24, 2.45) is 0 Å². The van der Waals surface area contributed by atoms with Gasteiger partial charge in [-0.3, -0.25) is 9.59 Å². The summed E-state index contributed by atoms with van der Waals surface area (Å²) in [6, 6.07) is 13.6. The average molecular weight is 414 g/mol. The number of carbonyl (C=O) groups excluding carboxylic acids is 2. The van der Waals surface area contributed by atoms with Crippen LogP contribution >= 0.6 is 0 Å². The van der Waals surface area contributed by atoms with Crippen molar-refractivity contribution in [2.45, 2.75) is 32.6 Å². The third-order valence-corrected chi connectivity index (χ3v) is 5.09. The second-order valence-electron chi connectivity index (χ2n) is 7.07. The van der Waals surface area contributed by atoms with E-state index in [-0.39, 0.29) is 11.9 Å². The van der Waals surface area contributed by atoms with Crippen LogP contribution in [0.25, 0.3) is 0 Å². The molecule has 6 nitrogen and oxygen atoms in total. The molecule has 2 aromatic rings. The van der Waals surface area contributed by atoms with Gasteiger partial charge >= 0.3 is 5.97 Å². The molecule has 0 fully saturated rings. The number of carbonyl (C=O) groups is 2. The fraction of sp³-hybridized carbons (Fsp3) is 0.417. The minimum Gasteiger partial charge on any atom is -0.496 e. The Bertz CT molecular complexity index is 810. The molecule has 0 heterocycles. The minimum atomic E-state index is -0.231. The molecule has 0 bridgehead atoms. The van der Waals surface area contributed by atoms with Gasteiger partial charge in [0.2, 0.25) is 0 Å². The van der Waals surface area contributed by atoms with Gasteiger partial charge in [-0.25, -0.2) is 0 Å². The van der Waals surface area contributed by atoms with Crippen LogP contribution in [0.2, 0.25) is 0 Å². The van der Waals surface area contributed by atoms with E-state index in [1.807, 2.05) is 30.0 Å². The Hall–Kier alpha value is -3.02. The monoisotopic (exact) mass is 413 g/mol. The summed E-state index contributed by atoms with van der Waals surface area (Å²) in [6.45, 7) is 3.03. The van der Waals surface area contributed by atoms with E-state index in [1.54, 1.807) is 26.4 Å². The van der Waals surface area contributed by atoms with Crippen molar-refractivity contribution in [3.63, 3.8) is 0 Å². The Morgan fingerprint density at radius 2 is 1.53 bits per heavy atom. The summed E-state index contributed by atoms with van der Waals surface area (Å²) in [7, 11) is 4.54. The quantitative estimate of drug-likeness (QED) is 0.411. The van der Waals surface area contributed by atoms with Crippen molar-refractivity contribution in [2.75, 3.05) is 34.4 Å². The molecule has 2 aromatic carbocycles. The molecule has 162 valence electrons. The first-order chi connectivity index (χ1) is 14.5. The lowest BCUT2D eigenvalue weighted by molar-refractivity contribution is -0.140. The molecule has 0 spiro atoms. The summed E-state index contributed by atoms with van der Waals surface area (Å²) in [4.78, 5) is 26.5. The van der Waals surface area contributed by atoms with Crippen LogP contribution in [0.4, 0.5) is 0 Å². The molecule has 0 unspecified atom stereocenters. The number of hydrogen-bond donors (Lipinski definition) is 0. The van der Waals surface area contributed by atoms with Crippen molar-refractivity contribution in [1.82, 2.24) is 4.90 Å². The maximum absolute atomic E-state index is 13.3. The first kappa shape index (κ1) is 23.3. The predicted molar refractivity (Wildman–Crippen MR) is 116 cm³/mol. The van der Waals surface area contributed by atoms with Gasteiger partial charge in [-0.1, -0.05) is 30.3 Å². The standard InChI is InChI=1S/C24H31NO5/c1-18-21(28-2)16-20(17-22(18)29-3)24(27)25(14-9-8-12-23(26)30-4)15-13-19-10-6-5-7-11-19/h5-7,10-11,16-17H,8-9,12-15H2,1-4H3. The molecule has 6 heteroatoms. The molecule has 30 heavy (non-hydrogen) atoms. The van der Waals surface area contributed by atoms with Gasteiger partial charge in [-0.05, 0) is 43.9 Å². The van der Waals surface area contributed by atoms with E-state index in [4.69, 9.17) is 14.2 Å². The number of nitrogens with zero attached hydrogens (tertiary/aromatic N) is 1. The van der Waals surface area contributed by atoms with Crippen molar-refractivity contribution >= 4 is 11.9 Å². The maximum atomic E-state index is 13.3. The molecule has 0 N–H and O–H groups in total. The molecule has 0 saturated heterocycles. The molecule has 0 radical (unpaired) electrons. The Kier molecular flexibility index (Phi) is 9.19. The Morgan fingerprint density at radius 3 is 2.10 bits per heavy atom. The molecule has 0 atom stereocenters. The van der Waals surface area contributed by atoms with Gasteiger partial charge in [0.15, 0.2) is 0 Å². The van der Waals surface area contributed by atoms with Crippen molar-refractivity contribution in [1.29, 1.82) is 0 Å². The van der Waals surface area contributed by atoms with Gasteiger partial charge in [-0.2, -0.15) is 0 Å². The topological polar surface area (TPSA) is 65.1 Å².